The molecule has 1 fully saturated rings. The molecule has 0 spiro atoms. The lowest BCUT2D eigenvalue weighted by Gasteiger charge is -2.28. The van der Waals surface area contributed by atoms with Crippen LogP contribution in [0.25, 0.3) is 0 Å². The van der Waals surface area contributed by atoms with Gasteiger partial charge in [0.25, 0.3) is 0 Å². The smallest absolute Gasteiger partial charge is 0.312 e. The molecule has 1 rings (SSSR count). The summed E-state index contributed by atoms with van der Waals surface area (Å²) < 4.78 is 27.2. The molecule has 5 nitrogen and oxygen atoms in total. The third kappa shape index (κ3) is 4.27. The Labute approximate surface area is 103 Å². The molecule has 6 heteroatoms. The molecule has 1 aliphatic rings. The molecule has 0 radical (unpaired) electrons. The van der Waals surface area contributed by atoms with Crippen LogP contribution in [0.2, 0.25) is 0 Å². The van der Waals surface area contributed by atoms with Gasteiger partial charge in [-0.25, -0.2) is 8.42 Å². The molecule has 1 N–H and O–H groups in total. The van der Waals surface area contributed by atoms with Crippen molar-refractivity contribution in [1.29, 1.82) is 0 Å². The third-order valence-electron chi connectivity index (χ3n) is 3.13. The monoisotopic (exact) mass is 263 g/mol. The molecule has 0 aliphatic carbocycles. The Hall–Kier alpha value is -0.620. The summed E-state index contributed by atoms with van der Waals surface area (Å²) in [5.41, 5.74) is -0.578. The van der Waals surface area contributed by atoms with E-state index in [9.17, 15) is 13.2 Å². The van der Waals surface area contributed by atoms with Crippen LogP contribution in [0.3, 0.4) is 0 Å². The van der Waals surface area contributed by atoms with Crippen molar-refractivity contribution >= 4 is 15.8 Å². The van der Waals surface area contributed by atoms with Gasteiger partial charge in [0.05, 0.1) is 24.0 Å². The minimum Gasteiger partial charge on any atom is -0.469 e. The lowest BCUT2D eigenvalue weighted by atomic mass is 9.93. The second-order valence-corrected chi connectivity index (χ2v) is 7.49. The zero-order valence-electron chi connectivity index (χ0n) is 10.7. The molecular weight excluding hydrogens is 242 g/mol. The van der Waals surface area contributed by atoms with Crippen molar-refractivity contribution in [2.75, 3.05) is 25.2 Å². The molecule has 1 saturated heterocycles. The van der Waals surface area contributed by atoms with E-state index in [4.69, 9.17) is 4.74 Å². The van der Waals surface area contributed by atoms with Crippen molar-refractivity contribution in [3.63, 3.8) is 0 Å². The Morgan fingerprint density at radius 1 is 1.35 bits per heavy atom. The fraction of sp³-hybridized carbons (Fsp3) is 0.909. The SMILES string of the molecule is COC(=O)C(C)(C)CNC1CCS(=O)(=O)CC1. The highest BCUT2D eigenvalue weighted by atomic mass is 32.2. The van der Waals surface area contributed by atoms with Gasteiger partial charge in [0.2, 0.25) is 0 Å². The summed E-state index contributed by atoms with van der Waals surface area (Å²) in [5.74, 6) is 0.223. The van der Waals surface area contributed by atoms with Crippen LogP contribution in [0.4, 0.5) is 0 Å². The summed E-state index contributed by atoms with van der Waals surface area (Å²) in [6.45, 7) is 4.13. The zero-order valence-corrected chi connectivity index (χ0v) is 11.5. The lowest BCUT2D eigenvalue weighted by Crippen LogP contribution is -2.44. The maximum absolute atomic E-state index is 11.5. The number of rotatable bonds is 4. The van der Waals surface area contributed by atoms with Crippen LogP contribution in [0.5, 0.6) is 0 Å². The van der Waals surface area contributed by atoms with Crippen LogP contribution in [0.15, 0.2) is 0 Å². The Morgan fingerprint density at radius 2 is 1.88 bits per heavy atom. The summed E-state index contributed by atoms with van der Waals surface area (Å²) in [5, 5.41) is 3.25. The fourth-order valence-corrected chi connectivity index (χ4v) is 3.33. The van der Waals surface area contributed by atoms with E-state index < -0.39 is 15.3 Å². The second-order valence-electron chi connectivity index (χ2n) is 5.18. The average Bonchev–Trinajstić information content (AvgIpc) is 2.26. The van der Waals surface area contributed by atoms with E-state index in [1.54, 1.807) is 0 Å². The second kappa shape index (κ2) is 5.35. The molecule has 100 valence electrons. The van der Waals surface area contributed by atoms with Gasteiger partial charge in [0.1, 0.15) is 9.84 Å². The van der Waals surface area contributed by atoms with Crippen molar-refractivity contribution in [1.82, 2.24) is 5.32 Å². The van der Waals surface area contributed by atoms with E-state index in [1.807, 2.05) is 13.8 Å². The first-order valence-corrected chi connectivity index (χ1v) is 7.61. The molecule has 0 saturated carbocycles. The number of carbonyl (C=O) groups excluding carboxylic acids is 1. The van der Waals surface area contributed by atoms with E-state index in [2.05, 4.69) is 5.32 Å². The fourth-order valence-electron chi connectivity index (χ4n) is 1.84. The summed E-state index contributed by atoms with van der Waals surface area (Å²) in [7, 11) is -1.45. The standard InChI is InChI=1S/C11H21NO4S/c1-11(2,10(13)16-3)8-12-9-4-6-17(14,15)7-5-9/h9,12H,4-8H2,1-3H3. The van der Waals surface area contributed by atoms with Gasteiger partial charge in [-0.15, -0.1) is 0 Å². The Balaban J connectivity index is 2.40. The van der Waals surface area contributed by atoms with Gasteiger partial charge in [-0.05, 0) is 26.7 Å². The van der Waals surface area contributed by atoms with Crippen LogP contribution in [-0.4, -0.2) is 45.6 Å². The summed E-state index contributed by atoms with van der Waals surface area (Å²) in [4.78, 5) is 11.5. The highest BCUT2D eigenvalue weighted by molar-refractivity contribution is 7.91. The average molecular weight is 263 g/mol. The Morgan fingerprint density at radius 3 is 2.35 bits per heavy atom. The first-order chi connectivity index (χ1) is 7.77. The third-order valence-corrected chi connectivity index (χ3v) is 4.84. The van der Waals surface area contributed by atoms with E-state index in [0.717, 1.165) is 0 Å². The quantitative estimate of drug-likeness (QED) is 0.741. The summed E-state index contributed by atoms with van der Waals surface area (Å²) in [6, 6.07) is 0.183. The number of methoxy groups -OCH3 is 1. The molecule has 1 aliphatic heterocycles. The summed E-state index contributed by atoms with van der Waals surface area (Å²) >= 11 is 0. The van der Waals surface area contributed by atoms with Crippen LogP contribution in [0, 0.1) is 5.41 Å². The number of nitrogens with one attached hydrogen (secondary N) is 1. The van der Waals surface area contributed by atoms with E-state index in [0.29, 0.717) is 19.4 Å². The van der Waals surface area contributed by atoms with E-state index in [-0.39, 0.29) is 23.5 Å². The normalized spacial score (nSPS) is 21.1. The van der Waals surface area contributed by atoms with Crippen molar-refractivity contribution in [3.8, 4) is 0 Å². The van der Waals surface area contributed by atoms with Crippen LogP contribution < -0.4 is 5.32 Å². The maximum atomic E-state index is 11.5. The zero-order chi connectivity index (χ0) is 13.1. The number of hydrogen-bond acceptors (Lipinski definition) is 5. The topological polar surface area (TPSA) is 72.5 Å². The molecule has 1 heterocycles. The molecule has 0 aromatic carbocycles. The minimum atomic E-state index is -2.82. The molecular formula is C11H21NO4S. The Bertz CT molecular complexity index is 361. The number of hydrogen-bond donors (Lipinski definition) is 1. The number of sulfone groups is 1. The van der Waals surface area contributed by atoms with Crippen LogP contribution >= 0.6 is 0 Å². The minimum absolute atomic E-state index is 0.183. The molecule has 0 unspecified atom stereocenters. The maximum Gasteiger partial charge on any atom is 0.312 e. The molecule has 0 aromatic rings. The van der Waals surface area contributed by atoms with Crippen molar-refractivity contribution in [3.05, 3.63) is 0 Å². The van der Waals surface area contributed by atoms with E-state index >= 15 is 0 Å². The van der Waals surface area contributed by atoms with Gasteiger partial charge < -0.3 is 10.1 Å². The van der Waals surface area contributed by atoms with Crippen molar-refractivity contribution in [2.45, 2.75) is 32.7 Å². The molecule has 0 atom stereocenters. The van der Waals surface area contributed by atoms with Crippen molar-refractivity contribution < 1.29 is 17.9 Å². The first kappa shape index (κ1) is 14.4. The van der Waals surface area contributed by atoms with Gasteiger partial charge in [-0.1, -0.05) is 0 Å². The van der Waals surface area contributed by atoms with Gasteiger partial charge in [-0.3, -0.25) is 4.79 Å². The van der Waals surface area contributed by atoms with Gasteiger partial charge in [0, 0.05) is 12.6 Å². The molecule has 17 heavy (non-hydrogen) atoms. The van der Waals surface area contributed by atoms with Crippen LogP contribution in [0.1, 0.15) is 26.7 Å². The van der Waals surface area contributed by atoms with E-state index in [1.165, 1.54) is 7.11 Å². The largest absolute Gasteiger partial charge is 0.469 e. The molecule has 0 bridgehead atoms. The predicted octanol–water partition coefficient (Wildman–Crippen LogP) is 0.352. The highest BCUT2D eigenvalue weighted by Crippen LogP contribution is 2.18. The first-order valence-electron chi connectivity index (χ1n) is 5.79. The Kier molecular flexibility index (Phi) is 4.55. The van der Waals surface area contributed by atoms with Gasteiger partial charge in [0.15, 0.2) is 0 Å². The lowest BCUT2D eigenvalue weighted by molar-refractivity contribution is -0.150. The summed E-state index contributed by atoms with van der Waals surface area (Å²) in [6.07, 6.45) is 1.25. The molecule has 0 aromatic heterocycles. The molecule has 0 amide bonds. The van der Waals surface area contributed by atoms with Gasteiger partial charge in [-0.2, -0.15) is 0 Å². The highest BCUT2D eigenvalue weighted by Gasteiger charge is 2.30. The predicted molar refractivity (Wildman–Crippen MR) is 65.5 cm³/mol. The number of carbonyl (C=O) groups is 1. The number of esters is 1. The van der Waals surface area contributed by atoms with Gasteiger partial charge >= 0.3 is 5.97 Å². The van der Waals surface area contributed by atoms with Crippen LogP contribution in [-0.2, 0) is 19.4 Å². The van der Waals surface area contributed by atoms with Crippen molar-refractivity contribution in [2.24, 2.45) is 5.41 Å². The number of ether oxygens (including phenoxy) is 1.